The first-order chi connectivity index (χ1) is 12.4. The van der Waals surface area contributed by atoms with E-state index in [9.17, 15) is 18.3 Å². The predicted molar refractivity (Wildman–Crippen MR) is 89.8 cm³/mol. The Morgan fingerprint density at radius 1 is 1.23 bits per heavy atom. The molecular weight excluding hydrogens is 349 g/mol. The number of nitrogens with one attached hydrogen (secondary N) is 1. The van der Waals surface area contributed by atoms with Crippen LogP contribution in [0.15, 0.2) is 12.1 Å². The van der Waals surface area contributed by atoms with E-state index in [1.165, 1.54) is 12.5 Å². The standard InChI is InChI=1S/C16H23F3N6O/c1-24(9-10-26)15(7-3-2-4-8-15)11-20-12-5-6-13-21-22-14(16(17,18)19)25(13)23-12/h5-6,26H,2-4,7-11H2,1H3,(H,20,23). The lowest BCUT2D eigenvalue weighted by Crippen LogP contribution is -2.53. The summed E-state index contributed by atoms with van der Waals surface area (Å²) >= 11 is 0. The molecule has 0 amide bonds. The zero-order valence-electron chi connectivity index (χ0n) is 14.6. The second kappa shape index (κ2) is 7.36. The molecule has 0 bridgehead atoms. The fourth-order valence-corrected chi connectivity index (χ4v) is 3.61. The van der Waals surface area contributed by atoms with Crippen molar-refractivity contribution >= 4 is 11.5 Å². The highest BCUT2D eigenvalue weighted by Crippen LogP contribution is 2.33. The Bertz CT molecular complexity index is 741. The number of halogens is 3. The molecule has 2 aromatic heterocycles. The molecule has 7 nitrogen and oxygen atoms in total. The molecule has 2 heterocycles. The summed E-state index contributed by atoms with van der Waals surface area (Å²) in [6, 6.07) is 3.06. The van der Waals surface area contributed by atoms with Crippen LogP contribution in [0.5, 0.6) is 0 Å². The van der Waals surface area contributed by atoms with Gasteiger partial charge in [0.1, 0.15) is 5.82 Å². The summed E-state index contributed by atoms with van der Waals surface area (Å²) < 4.78 is 39.7. The van der Waals surface area contributed by atoms with Crippen LogP contribution in [0, 0.1) is 0 Å². The van der Waals surface area contributed by atoms with E-state index >= 15 is 0 Å². The lowest BCUT2D eigenvalue weighted by atomic mass is 9.80. The Balaban J connectivity index is 1.81. The summed E-state index contributed by atoms with van der Waals surface area (Å²) in [5.74, 6) is -0.800. The average Bonchev–Trinajstić information content (AvgIpc) is 3.04. The molecule has 144 valence electrons. The number of likely N-dealkylation sites (N-methyl/N-ethyl adjacent to an activating group) is 1. The Kier molecular flexibility index (Phi) is 5.33. The molecule has 0 spiro atoms. The molecular formula is C16H23F3N6O. The fourth-order valence-electron chi connectivity index (χ4n) is 3.61. The third kappa shape index (κ3) is 3.75. The molecule has 1 saturated carbocycles. The highest BCUT2D eigenvalue weighted by Gasteiger charge is 2.38. The van der Waals surface area contributed by atoms with Crippen LogP contribution >= 0.6 is 0 Å². The van der Waals surface area contributed by atoms with Crippen molar-refractivity contribution in [2.45, 2.75) is 43.8 Å². The van der Waals surface area contributed by atoms with E-state index in [-0.39, 0.29) is 17.8 Å². The summed E-state index contributed by atoms with van der Waals surface area (Å²) in [6.45, 7) is 1.17. The maximum absolute atomic E-state index is 13.0. The van der Waals surface area contributed by atoms with Gasteiger partial charge in [-0.05, 0) is 32.0 Å². The molecule has 3 rings (SSSR count). The van der Waals surface area contributed by atoms with Crippen molar-refractivity contribution in [3.05, 3.63) is 18.0 Å². The second-order valence-corrected chi connectivity index (χ2v) is 6.79. The van der Waals surface area contributed by atoms with E-state index in [0.717, 1.165) is 25.7 Å². The first-order valence-electron chi connectivity index (χ1n) is 8.71. The van der Waals surface area contributed by atoms with Crippen LogP contribution in [0.3, 0.4) is 0 Å². The quantitative estimate of drug-likeness (QED) is 0.809. The van der Waals surface area contributed by atoms with Gasteiger partial charge in [0.05, 0.1) is 6.61 Å². The van der Waals surface area contributed by atoms with Crippen LogP contribution in [0.4, 0.5) is 19.0 Å². The van der Waals surface area contributed by atoms with E-state index in [1.54, 1.807) is 6.07 Å². The third-order valence-corrected chi connectivity index (χ3v) is 5.14. The molecule has 0 aliphatic heterocycles. The topological polar surface area (TPSA) is 78.6 Å². The molecule has 1 aliphatic rings. The number of nitrogens with zero attached hydrogens (tertiary/aromatic N) is 5. The van der Waals surface area contributed by atoms with Crippen LogP contribution in [0.1, 0.15) is 37.9 Å². The minimum atomic E-state index is -4.61. The van der Waals surface area contributed by atoms with Crippen molar-refractivity contribution in [2.24, 2.45) is 0 Å². The summed E-state index contributed by atoms with van der Waals surface area (Å²) in [5, 5.41) is 23.2. The number of anilines is 1. The summed E-state index contributed by atoms with van der Waals surface area (Å²) in [7, 11) is 1.97. The van der Waals surface area contributed by atoms with Crippen LogP contribution in [0.2, 0.25) is 0 Å². The van der Waals surface area contributed by atoms with E-state index in [0.29, 0.717) is 23.4 Å². The number of β-amino-alcohol motifs (C(OH)–C–C–N with tert-alkyl or cyclic N) is 1. The Morgan fingerprint density at radius 2 is 1.96 bits per heavy atom. The first kappa shape index (κ1) is 18.8. The number of rotatable bonds is 6. The van der Waals surface area contributed by atoms with Crippen molar-refractivity contribution in [1.82, 2.24) is 24.7 Å². The Morgan fingerprint density at radius 3 is 2.62 bits per heavy atom. The zero-order chi connectivity index (χ0) is 18.8. The Hall–Kier alpha value is -1.94. The SMILES string of the molecule is CN(CCO)C1(CNc2ccc3nnc(C(F)(F)F)n3n2)CCCCC1. The number of hydrogen-bond donors (Lipinski definition) is 2. The zero-order valence-corrected chi connectivity index (χ0v) is 14.6. The normalized spacial score (nSPS) is 17.8. The van der Waals surface area contributed by atoms with Crippen molar-refractivity contribution in [2.75, 3.05) is 32.1 Å². The van der Waals surface area contributed by atoms with Gasteiger partial charge in [0, 0.05) is 18.6 Å². The van der Waals surface area contributed by atoms with Crippen LogP contribution < -0.4 is 5.32 Å². The highest BCUT2D eigenvalue weighted by atomic mass is 19.4. The third-order valence-electron chi connectivity index (χ3n) is 5.14. The van der Waals surface area contributed by atoms with E-state index in [2.05, 4.69) is 25.5 Å². The first-order valence-corrected chi connectivity index (χ1v) is 8.71. The lowest BCUT2D eigenvalue weighted by molar-refractivity contribution is -0.146. The second-order valence-electron chi connectivity index (χ2n) is 6.79. The largest absolute Gasteiger partial charge is 0.453 e. The molecule has 26 heavy (non-hydrogen) atoms. The average molecular weight is 372 g/mol. The molecule has 0 aromatic carbocycles. The number of alkyl halides is 3. The fraction of sp³-hybridized carbons (Fsp3) is 0.688. The van der Waals surface area contributed by atoms with Gasteiger partial charge in [-0.25, -0.2) is 0 Å². The van der Waals surface area contributed by atoms with E-state index < -0.39 is 12.0 Å². The lowest BCUT2D eigenvalue weighted by Gasteiger charge is -2.45. The molecule has 2 N–H and O–H groups in total. The van der Waals surface area contributed by atoms with E-state index in [4.69, 9.17) is 0 Å². The number of aliphatic hydroxyl groups is 1. The van der Waals surface area contributed by atoms with Gasteiger partial charge in [-0.2, -0.15) is 17.7 Å². The number of hydrogen-bond acceptors (Lipinski definition) is 6. The minimum Gasteiger partial charge on any atom is -0.395 e. The predicted octanol–water partition coefficient (Wildman–Crippen LogP) is 2.18. The van der Waals surface area contributed by atoms with Gasteiger partial charge in [0.15, 0.2) is 5.65 Å². The van der Waals surface area contributed by atoms with Crippen LogP contribution in [-0.4, -0.2) is 62.1 Å². The maximum atomic E-state index is 13.0. The monoisotopic (exact) mass is 372 g/mol. The molecule has 0 unspecified atom stereocenters. The van der Waals surface area contributed by atoms with Gasteiger partial charge in [0.25, 0.3) is 5.82 Å². The number of aromatic nitrogens is 4. The van der Waals surface area contributed by atoms with Crippen molar-refractivity contribution < 1.29 is 18.3 Å². The van der Waals surface area contributed by atoms with Gasteiger partial charge in [0.2, 0.25) is 0 Å². The van der Waals surface area contributed by atoms with Crippen LogP contribution in [-0.2, 0) is 6.18 Å². The minimum absolute atomic E-state index is 0.0488. The van der Waals surface area contributed by atoms with Gasteiger partial charge in [-0.15, -0.1) is 15.3 Å². The molecule has 1 fully saturated rings. The smallest absolute Gasteiger partial charge is 0.395 e. The molecule has 0 radical (unpaired) electrons. The number of aliphatic hydroxyl groups excluding tert-OH is 1. The van der Waals surface area contributed by atoms with Crippen molar-refractivity contribution in [3.8, 4) is 0 Å². The maximum Gasteiger partial charge on any atom is 0.453 e. The molecule has 0 atom stereocenters. The van der Waals surface area contributed by atoms with Crippen molar-refractivity contribution in [3.63, 3.8) is 0 Å². The molecule has 10 heteroatoms. The van der Waals surface area contributed by atoms with Gasteiger partial charge in [-0.1, -0.05) is 19.3 Å². The Labute approximate surface area is 149 Å². The summed E-state index contributed by atoms with van der Waals surface area (Å²) in [4.78, 5) is 2.14. The number of fused-ring (bicyclic) bond motifs is 1. The van der Waals surface area contributed by atoms with E-state index in [1.807, 2.05) is 7.05 Å². The van der Waals surface area contributed by atoms with Crippen LogP contribution in [0.25, 0.3) is 5.65 Å². The van der Waals surface area contributed by atoms with Gasteiger partial charge >= 0.3 is 6.18 Å². The molecule has 1 aliphatic carbocycles. The van der Waals surface area contributed by atoms with Crippen molar-refractivity contribution in [1.29, 1.82) is 0 Å². The molecule has 0 saturated heterocycles. The van der Waals surface area contributed by atoms with Gasteiger partial charge < -0.3 is 10.4 Å². The summed E-state index contributed by atoms with van der Waals surface area (Å²) in [6.07, 6.45) is 0.686. The summed E-state index contributed by atoms with van der Waals surface area (Å²) in [5.41, 5.74) is -0.0925. The van der Waals surface area contributed by atoms with Gasteiger partial charge in [-0.3, -0.25) is 4.90 Å². The molecule has 2 aromatic rings. The highest BCUT2D eigenvalue weighted by molar-refractivity contribution is 5.44.